The Morgan fingerprint density at radius 1 is 1.06 bits per heavy atom. The first-order chi connectivity index (χ1) is 15.9. The van der Waals surface area contributed by atoms with Crippen LogP contribution in [0.5, 0.6) is 11.5 Å². The van der Waals surface area contributed by atoms with Gasteiger partial charge in [-0.25, -0.2) is 0 Å². The van der Waals surface area contributed by atoms with Crippen LogP contribution in [0.25, 0.3) is 6.08 Å². The minimum Gasteiger partial charge on any atom is -0.490 e. The van der Waals surface area contributed by atoms with Gasteiger partial charge in [-0.1, -0.05) is 59.6 Å². The monoisotopic (exact) mass is 480 g/mol. The van der Waals surface area contributed by atoms with Crippen LogP contribution in [0.15, 0.2) is 66.2 Å². The molecule has 5 nitrogen and oxygen atoms in total. The van der Waals surface area contributed by atoms with Gasteiger partial charge in [-0.05, 0) is 55.3 Å². The molecule has 0 aliphatic rings. The number of nitrogens with zero attached hydrogens (tertiary/aromatic N) is 1. The summed E-state index contributed by atoms with van der Waals surface area (Å²) in [6.45, 7) is 4.30. The van der Waals surface area contributed by atoms with Crippen molar-refractivity contribution in [3.8, 4) is 17.6 Å². The zero-order chi connectivity index (χ0) is 23.8. The number of hydrogen-bond donors (Lipinski definition) is 1. The molecule has 0 saturated heterocycles. The van der Waals surface area contributed by atoms with E-state index in [2.05, 4.69) is 5.32 Å². The zero-order valence-electron chi connectivity index (χ0n) is 18.2. The lowest BCUT2D eigenvalue weighted by molar-refractivity contribution is -0.112. The standard InChI is InChI=1S/C26H22Cl2N2O3/c1-3-32-24-14-18(12-20(15-29)26(31)30-23-11-7-4-8-17(23)2)13-22(28)25(24)33-16-19-9-5-6-10-21(19)27/h4-14H,3,16H2,1-2H3,(H,30,31)/b20-12+. The fourth-order valence-electron chi connectivity index (χ4n) is 3.06. The van der Waals surface area contributed by atoms with Crippen LogP contribution in [0, 0.1) is 18.3 Å². The van der Waals surface area contributed by atoms with E-state index in [1.165, 1.54) is 6.08 Å². The molecule has 0 spiro atoms. The molecule has 0 unspecified atom stereocenters. The highest BCUT2D eigenvalue weighted by atomic mass is 35.5. The molecule has 0 fully saturated rings. The number of nitrogens with one attached hydrogen (secondary N) is 1. The lowest BCUT2D eigenvalue weighted by Crippen LogP contribution is -2.14. The second kappa shape index (κ2) is 11.4. The topological polar surface area (TPSA) is 71.3 Å². The molecular formula is C26H22Cl2N2O3. The smallest absolute Gasteiger partial charge is 0.266 e. The molecule has 0 heterocycles. The molecule has 0 aliphatic heterocycles. The number of nitriles is 1. The number of para-hydroxylation sites is 1. The molecule has 0 atom stereocenters. The summed E-state index contributed by atoms with van der Waals surface area (Å²) in [5.74, 6) is 0.248. The summed E-state index contributed by atoms with van der Waals surface area (Å²) in [6, 6.07) is 19.9. The van der Waals surface area contributed by atoms with Crippen molar-refractivity contribution in [3.05, 3.63) is 93.0 Å². The third-order valence-electron chi connectivity index (χ3n) is 4.73. The van der Waals surface area contributed by atoms with Crippen molar-refractivity contribution in [3.63, 3.8) is 0 Å². The second-order valence-electron chi connectivity index (χ2n) is 7.08. The van der Waals surface area contributed by atoms with Crippen molar-refractivity contribution in [1.82, 2.24) is 0 Å². The molecule has 0 radical (unpaired) electrons. The predicted octanol–water partition coefficient (Wildman–Crippen LogP) is 6.83. The Kier molecular flexibility index (Phi) is 8.37. The van der Waals surface area contributed by atoms with Crippen molar-refractivity contribution < 1.29 is 14.3 Å². The summed E-state index contributed by atoms with van der Waals surface area (Å²) in [6.07, 6.45) is 1.46. The molecule has 0 saturated carbocycles. The Hall–Kier alpha value is -3.46. The molecule has 1 N–H and O–H groups in total. The van der Waals surface area contributed by atoms with E-state index in [1.54, 1.807) is 24.3 Å². The molecule has 3 aromatic carbocycles. The van der Waals surface area contributed by atoms with Gasteiger partial charge in [0.1, 0.15) is 18.2 Å². The number of ether oxygens (including phenoxy) is 2. The minimum atomic E-state index is -0.514. The number of amides is 1. The summed E-state index contributed by atoms with van der Waals surface area (Å²) >= 11 is 12.7. The Morgan fingerprint density at radius 3 is 2.48 bits per heavy atom. The van der Waals surface area contributed by atoms with Gasteiger partial charge in [-0.3, -0.25) is 4.79 Å². The van der Waals surface area contributed by atoms with Gasteiger partial charge >= 0.3 is 0 Å². The Labute approximate surface area is 203 Å². The maximum absolute atomic E-state index is 12.7. The van der Waals surface area contributed by atoms with Crippen LogP contribution in [0.2, 0.25) is 10.0 Å². The number of anilines is 1. The molecule has 1 amide bonds. The van der Waals surface area contributed by atoms with Crippen molar-refractivity contribution >= 4 is 40.9 Å². The van der Waals surface area contributed by atoms with E-state index < -0.39 is 5.91 Å². The molecule has 33 heavy (non-hydrogen) atoms. The van der Waals surface area contributed by atoms with Crippen molar-refractivity contribution in [1.29, 1.82) is 5.26 Å². The van der Waals surface area contributed by atoms with E-state index in [4.69, 9.17) is 32.7 Å². The Balaban J connectivity index is 1.87. The minimum absolute atomic E-state index is 0.0681. The number of carbonyl (C=O) groups excluding carboxylic acids is 1. The third kappa shape index (κ3) is 6.29. The van der Waals surface area contributed by atoms with Crippen LogP contribution in [0.3, 0.4) is 0 Å². The Bertz CT molecular complexity index is 1230. The van der Waals surface area contributed by atoms with Gasteiger partial charge in [-0.15, -0.1) is 0 Å². The number of rotatable bonds is 8. The third-order valence-corrected chi connectivity index (χ3v) is 5.38. The fraction of sp³-hybridized carbons (Fsp3) is 0.154. The van der Waals surface area contributed by atoms with Gasteiger partial charge in [0.25, 0.3) is 5.91 Å². The summed E-state index contributed by atoms with van der Waals surface area (Å²) in [7, 11) is 0. The van der Waals surface area contributed by atoms with Crippen molar-refractivity contribution in [2.24, 2.45) is 0 Å². The maximum atomic E-state index is 12.7. The molecule has 0 aliphatic carbocycles. The molecule has 0 aromatic heterocycles. The van der Waals surface area contributed by atoms with Gasteiger partial charge in [0.2, 0.25) is 0 Å². The van der Waals surface area contributed by atoms with Gasteiger partial charge < -0.3 is 14.8 Å². The normalized spacial score (nSPS) is 10.9. The second-order valence-corrected chi connectivity index (χ2v) is 7.90. The predicted molar refractivity (Wildman–Crippen MR) is 132 cm³/mol. The molecule has 168 valence electrons. The van der Waals surface area contributed by atoms with E-state index >= 15 is 0 Å². The average Bonchev–Trinajstić information content (AvgIpc) is 2.79. The van der Waals surface area contributed by atoms with Gasteiger partial charge in [0.15, 0.2) is 11.5 Å². The summed E-state index contributed by atoms with van der Waals surface area (Å²) in [4.78, 5) is 12.7. The SMILES string of the molecule is CCOc1cc(/C=C(\C#N)C(=O)Nc2ccccc2C)cc(Cl)c1OCc1ccccc1Cl. The lowest BCUT2D eigenvalue weighted by atomic mass is 10.1. The van der Waals surface area contributed by atoms with Crippen LogP contribution in [0.1, 0.15) is 23.6 Å². The molecule has 7 heteroatoms. The average molecular weight is 481 g/mol. The first-order valence-corrected chi connectivity index (χ1v) is 11.0. The summed E-state index contributed by atoms with van der Waals surface area (Å²) in [5.41, 5.74) is 2.80. The van der Waals surface area contributed by atoms with Crippen LogP contribution in [0.4, 0.5) is 5.69 Å². The molecule has 3 rings (SSSR count). The highest BCUT2D eigenvalue weighted by molar-refractivity contribution is 6.32. The number of hydrogen-bond acceptors (Lipinski definition) is 4. The van der Waals surface area contributed by atoms with E-state index in [1.807, 2.05) is 56.3 Å². The molecular weight excluding hydrogens is 459 g/mol. The van der Waals surface area contributed by atoms with Crippen LogP contribution in [-0.4, -0.2) is 12.5 Å². The van der Waals surface area contributed by atoms with E-state index in [-0.39, 0.29) is 17.2 Å². The van der Waals surface area contributed by atoms with E-state index in [0.717, 1.165) is 11.1 Å². The number of carbonyl (C=O) groups is 1. The van der Waals surface area contributed by atoms with E-state index in [9.17, 15) is 10.1 Å². The van der Waals surface area contributed by atoms with Crippen LogP contribution < -0.4 is 14.8 Å². The lowest BCUT2D eigenvalue weighted by Gasteiger charge is -2.15. The maximum Gasteiger partial charge on any atom is 0.266 e. The van der Waals surface area contributed by atoms with Crippen LogP contribution >= 0.6 is 23.2 Å². The van der Waals surface area contributed by atoms with Gasteiger partial charge in [0.05, 0.1) is 11.6 Å². The number of benzene rings is 3. The number of aryl methyl sites for hydroxylation is 1. The fourth-order valence-corrected chi connectivity index (χ4v) is 3.52. The first kappa shape index (κ1) is 24.2. The summed E-state index contributed by atoms with van der Waals surface area (Å²) in [5, 5.41) is 13.2. The number of halogens is 2. The van der Waals surface area contributed by atoms with Crippen LogP contribution in [-0.2, 0) is 11.4 Å². The molecule has 3 aromatic rings. The quantitative estimate of drug-likeness (QED) is 0.283. The first-order valence-electron chi connectivity index (χ1n) is 10.2. The zero-order valence-corrected chi connectivity index (χ0v) is 19.7. The Morgan fingerprint density at radius 2 is 1.79 bits per heavy atom. The highest BCUT2D eigenvalue weighted by Gasteiger charge is 2.16. The van der Waals surface area contributed by atoms with E-state index in [0.29, 0.717) is 34.4 Å². The highest BCUT2D eigenvalue weighted by Crippen LogP contribution is 2.38. The van der Waals surface area contributed by atoms with Crippen molar-refractivity contribution in [2.75, 3.05) is 11.9 Å². The van der Waals surface area contributed by atoms with Gasteiger partial charge in [0, 0.05) is 16.3 Å². The molecule has 0 bridgehead atoms. The van der Waals surface area contributed by atoms with Gasteiger partial charge in [-0.2, -0.15) is 5.26 Å². The largest absolute Gasteiger partial charge is 0.490 e. The van der Waals surface area contributed by atoms with Crippen molar-refractivity contribution in [2.45, 2.75) is 20.5 Å². The summed E-state index contributed by atoms with van der Waals surface area (Å²) < 4.78 is 11.6.